The molecule has 9 heteroatoms. The number of nitrogens with zero attached hydrogens (tertiary/aromatic N) is 2. The van der Waals surface area contributed by atoms with Crippen molar-refractivity contribution >= 4 is 22.8 Å². The lowest BCUT2D eigenvalue weighted by Gasteiger charge is -2.57. The highest BCUT2D eigenvalue weighted by Gasteiger charge is 2.56. The first-order valence-corrected chi connectivity index (χ1v) is 12.4. The molecule has 1 saturated carbocycles. The van der Waals surface area contributed by atoms with E-state index in [0.717, 1.165) is 41.5 Å². The Morgan fingerprint density at radius 1 is 1.14 bits per heavy atom. The topological polar surface area (TPSA) is 114 Å². The second-order valence-corrected chi connectivity index (χ2v) is 9.66. The van der Waals surface area contributed by atoms with Gasteiger partial charge in [-0.05, 0) is 66.6 Å². The lowest BCUT2D eigenvalue weighted by Crippen LogP contribution is -2.59. The summed E-state index contributed by atoms with van der Waals surface area (Å²) in [4.78, 5) is 24.9. The van der Waals surface area contributed by atoms with E-state index in [2.05, 4.69) is 10.5 Å². The van der Waals surface area contributed by atoms with Crippen molar-refractivity contribution in [2.24, 2.45) is 11.3 Å². The molecule has 2 fully saturated rings. The van der Waals surface area contributed by atoms with E-state index in [1.54, 1.807) is 13.1 Å². The van der Waals surface area contributed by atoms with Crippen LogP contribution in [0.3, 0.4) is 0 Å². The summed E-state index contributed by atoms with van der Waals surface area (Å²) in [5.74, 6) is 2.06. The molecule has 9 nitrogen and oxygen atoms in total. The van der Waals surface area contributed by atoms with Crippen molar-refractivity contribution in [1.82, 2.24) is 15.4 Å². The van der Waals surface area contributed by atoms with Crippen LogP contribution in [0.15, 0.2) is 47.0 Å². The molecule has 2 unspecified atom stereocenters. The van der Waals surface area contributed by atoms with E-state index < -0.39 is 6.09 Å². The van der Waals surface area contributed by atoms with Crippen LogP contribution in [-0.4, -0.2) is 60.0 Å². The van der Waals surface area contributed by atoms with Gasteiger partial charge >= 0.3 is 6.09 Å². The zero-order chi connectivity index (χ0) is 25.3. The van der Waals surface area contributed by atoms with Crippen molar-refractivity contribution in [1.29, 1.82) is 0 Å². The van der Waals surface area contributed by atoms with Gasteiger partial charge in [0.15, 0.2) is 5.69 Å². The molecule has 36 heavy (non-hydrogen) atoms. The lowest BCUT2D eigenvalue weighted by molar-refractivity contribution is -0.122. The van der Waals surface area contributed by atoms with E-state index in [1.807, 2.05) is 43.3 Å². The average Bonchev–Trinajstić information content (AvgIpc) is 3.36. The maximum absolute atomic E-state index is 11.9. The predicted molar refractivity (Wildman–Crippen MR) is 133 cm³/mol. The number of carbonyl (C=O) groups excluding carboxylic acids is 1. The standard InChI is InChI=1S/C27H31N3O6/c1-3-34-19-6-4-17-5-7-20(13-18(17)12-19)35-24-16-27(8-10-30(11-9-27)26(32)33)22(24)14-21-15-23(29-36-21)25(31)28-2/h4-7,12-13,15,22,24H,3,8-11,14,16H2,1-2H3,(H,28,31)(H,32,33). The molecule has 1 spiro atoms. The largest absolute Gasteiger partial charge is 0.494 e. The Morgan fingerprint density at radius 3 is 2.56 bits per heavy atom. The number of piperidine rings is 1. The quantitative estimate of drug-likeness (QED) is 0.503. The van der Waals surface area contributed by atoms with E-state index >= 15 is 0 Å². The van der Waals surface area contributed by atoms with Crippen molar-refractivity contribution in [3.8, 4) is 11.5 Å². The maximum atomic E-state index is 11.9. The molecule has 190 valence electrons. The number of benzene rings is 2. The highest BCUT2D eigenvalue weighted by molar-refractivity contribution is 5.91. The molecule has 2 N–H and O–H groups in total. The molecule has 1 aliphatic carbocycles. The molecular formula is C27H31N3O6. The van der Waals surface area contributed by atoms with Crippen LogP contribution in [0.25, 0.3) is 10.8 Å². The molecule has 0 bridgehead atoms. The molecule has 2 heterocycles. The minimum absolute atomic E-state index is 0.0322. The summed E-state index contributed by atoms with van der Waals surface area (Å²) in [6.45, 7) is 3.59. The van der Waals surface area contributed by atoms with E-state index in [9.17, 15) is 14.7 Å². The minimum Gasteiger partial charge on any atom is -0.494 e. The Morgan fingerprint density at radius 2 is 1.86 bits per heavy atom. The SMILES string of the molecule is CCOc1ccc2ccc(OC3CC4(CCN(C(=O)O)CC4)C3Cc3cc(C(=O)NC)no3)cc2c1. The fourth-order valence-electron chi connectivity index (χ4n) is 5.69. The van der Waals surface area contributed by atoms with Gasteiger partial charge < -0.3 is 29.3 Å². The molecule has 1 aliphatic heterocycles. The zero-order valence-corrected chi connectivity index (χ0v) is 20.5. The van der Waals surface area contributed by atoms with Crippen LogP contribution in [0.1, 0.15) is 42.4 Å². The van der Waals surface area contributed by atoms with Crippen molar-refractivity contribution in [3.05, 3.63) is 53.9 Å². The van der Waals surface area contributed by atoms with E-state index in [-0.39, 0.29) is 29.0 Å². The van der Waals surface area contributed by atoms with Crippen molar-refractivity contribution in [3.63, 3.8) is 0 Å². The van der Waals surface area contributed by atoms with E-state index in [4.69, 9.17) is 14.0 Å². The molecule has 3 aromatic rings. The van der Waals surface area contributed by atoms with Crippen LogP contribution in [0.4, 0.5) is 4.79 Å². The average molecular weight is 494 g/mol. The number of carboxylic acid groups (broad SMARTS) is 1. The summed E-state index contributed by atoms with van der Waals surface area (Å²) < 4.78 is 17.6. The molecule has 5 rings (SSSR count). The van der Waals surface area contributed by atoms with Gasteiger partial charge in [0, 0.05) is 38.5 Å². The normalized spacial score (nSPS) is 20.7. The van der Waals surface area contributed by atoms with Gasteiger partial charge in [-0.25, -0.2) is 4.79 Å². The van der Waals surface area contributed by atoms with Gasteiger partial charge in [0.05, 0.1) is 6.61 Å². The van der Waals surface area contributed by atoms with Gasteiger partial charge in [-0.2, -0.15) is 0 Å². The Balaban J connectivity index is 1.36. The summed E-state index contributed by atoms with van der Waals surface area (Å²) in [7, 11) is 1.55. The first-order chi connectivity index (χ1) is 17.4. The van der Waals surface area contributed by atoms with Crippen LogP contribution in [0, 0.1) is 11.3 Å². The smallest absolute Gasteiger partial charge is 0.407 e. The first kappa shape index (κ1) is 24.0. The van der Waals surface area contributed by atoms with Gasteiger partial charge in [-0.1, -0.05) is 17.3 Å². The van der Waals surface area contributed by atoms with Crippen molar-refractivity contribution in [2.75, 3.05) is 26.7 Å². The highest BCUT2D eigenvalue weighted by Crippen LogP contribution is 2.56. The number of fused-ring (bicyclic) bond motifs is 1. The molecule has 2 aromatic carbocycles. The second kappa shape index (κ2) is 9.72. The van der Waals surface area contributed by atoms with Gasteiger partial charge in [0.1, 0.15) is 23.4 Å². The predicted octanol–water partition coefficient (Wildman–Crippen LogP) is 4.36. The monoisotopic (exact) mass is 493 g/mol. The number of likely N-dealkylation sites (tertiary alicyclic amines) is 1. The maximum Gasteiger partial charge on any atom is 0.407 e. The summed E-state index contributed by atoms with van der Waals surface area (Å²) in [5.41, 5.74) is 0.217. The summed E-state index contributed by atoms with van der Waals surface area (Å²) >= 11 is 0. The number of aromatic nitrogens is 1. The van der Waals surface area contributed by atoms with Gasteiger partial charge in [-0.3, -0.25) is 4.79 Å². The second-order valence-electron chi connectivity index (χ2n) is 9.66. The Bertz CT molecular complexity index is 1260. The molecule has 2 amide bonds. The first-order valence-electron chi connectivity index (χ1n) is 12.4. The summed E-state index contributed by atoms with van der Waals surface area (Å²) in [6.07, 6.45) is 2.04. The lowest BCUT2D eigenvalue weighted by atomic mass is 9.52. The van der Waals surface area contributed by atoms with E-state index in [0.29, 0.717) is 31.9 Å². The Kier molecular flexibility index (Phi) is 6.47. The number of ether oxygens (including phenoxy) is 2. The van der Waals surface area contributed by atoms with E-state index in [1.165, 1.54) is 4.90 Å². The number of hydrogen-bond acceptors (Lipinski definition) is 6. The molecule has 2 aliphatic rings. The number of rotatable bonds is 7. The number of hydrogen-bond donors (Lipinski definition) is 2. The van der Waals surface area contributed by atoms with Crippen LogP contribution in [-0.2, 0) is 6.42 Å². The van der Waals surface area contributed by atoms with Gasteiger partial charge in [0.2, 0.25) is 0 Å². The van der Waals surface area contributed by atoms with Crippen molar-refractivity contribution < 1.29 is 28.7 Å². The molecule has 2 atom stereocenters. The Hall–Kier alpha value is -3.75. The van der Waals surface area contributed by atoms with Gasteiger partial charge in [-0.15, -0.1) is 0 Å². The number of carbonyl (C=O) groups is 2. The molecule has 0 radical (unpaired) electrons. The zero-order valence-electron chi connectivity index (χ0n) is 20.5. The fraction of sp³-hybridized carbons (Fsp3) is 0.444. The van der Waals surface area contributed by atoms with Crippen LogP contribution in [0.2, 0.25) is 0 Å². The molecule has 1 saturated heterocycles. The molecular weight excluding hydrogens is 462 g/mol. The van der Waals surface area contributed by atoms with Gasteiger partial charge in [0.25, 0.3) is 5.91 Å². The number of amides is 2. The van der Waals surface area contributed by atoms with Crippen LogP contribution < -0.4 is 14.8 Å². The minimum atomic E-state index is -0.874. The third kappa shape index (κ3) is 4.57. The highest BCUT2D eigenvalue weighted by atomic mass is 16.5. The summed E-state index contributed by atoms with van der Waals surface area (Å²) in [6, 6.07) is 13.8. The third-order valence-electron chi connectivity index (χ3n) is 7.69. The fourth-order valence-corrected chi connectivity index (χ4v) is 5.69. The third-order valence-corrected chi connectivity index (χ3v) is 7.69. The summed E-state index contributed by atoms with van der Waals surface area (Å²) in [5, 5.41) is 18.0. The Labute approximate surface area is 209 Å². The number of nitrogens with one attached hydrogen (secondary N) is 1. The van der Waals surface area contributed by atoms with Crippen molar-refractivity contribution in [2.45, 2.75) is 38.7 Å². The van der Waals surface area contributed by atoms with Crippen LogP contribution >= 0.6 is 0 Å². The van der Waals surface area contributed by atoms with Crippen LogP contribution in [0.5, 0.6) is 11.5 Å². The molecule has 1 aromatic heterocycles.